The zero-order valence-electron chi connectivity index (χ0n) is 14.4. The van der Waals surface area contributed by atoms with Crippen molar-refractivity contribution < 1.29 is 18.3 Å². The van der Waals surface area contributed by atoms with Gasteiger partial charge in [-0.25, -0.2) is 8.78 Å². The number of carbonyl (C=O) groups is 1. The minimum absolute atomic E-state index is 0.0778. The summed E-state index contributed by atoms with van der Waals surface area (Å²) in [5.74, 6) is -1.37. The van der Waals surface area contributed by atoms with E-state index in [0.717, 1.165) is 17.2 Å². The van der Waals surface area contributed by atoms with Gasteiger partial charge < -0.3 is 10.1 Å². The van der Waals surface area contributed by atoms with Gasteiger partial charge in [0.25, 0.3) is 0 Å². The number of rotatable bonds is 6. The van der Waals surface area contributed by atoms with E-state index in [1.807, 2.05) is 48.5 Å². The molecule has 0 fully saturated rings. The molecule has 0 aliphatic carbocycles. The van der Waals surface area contributed by atoms with Crippen molar-refractivity contribution in [2.24, 2.45) is 0 Å². The molecule has 0 aliphatic heterocycles. The summed E-state index contributed by atoms with van der Waals surface area (Å²) in [4.78, 5) is 11.9. The van der Waals surface area contributed by atoms with E-state index in [1.54, 1.807) is 12.1 Å². The number of hydrogen-bond donors (Lipinski definition) is 1. The Labute approximate surface area is 155 Å². The van der Waals surface area contributed by atoms with Crippen LogP contribution in [0, 0.1) is 11.6 Å². The summed E-state index contributed by atoms with van der Waals surface area (Å²) in [7, 11) is 0. The molecule has 3 aromatic carbocycles. The van der Waals surface area contributed by atoms with Crippen molar-refractivity contribution >= 4 is 17.7 Å². The smallest absolute Gasteiger partial charge is 0.248 e. The lowest BCUT2D eigenvalue weighted by molar-refractivity contribution is -0.111. The average Bonchev–Trinajstić information content (AvgIpc) is 2.68. The summed E-state index contributed by atoms with van der Waals surface area (Å²) in [6, 6.07) is 20.0. The van der Waals surface area contributed by atoms with Gasteiger partial charge >= 0.3 is 0 Å². The van der Waals surface area contributed by atoms with Crippen molar-refractivity contribution in [1.29, 1.82) is 0 Å². The Balaban J connectivity index is 1.60. The van der Waals surface area contributed by atoms with Gasteiger partial charge in [0.2, 0.25) is 5.91 Å². The van der Waals surface area contributed by atoms with Gasteiger partial charge in [0.05, 0.1) is 5.69 Å². The molecular formula is C22H17F2NO2. The van der Waals surface area contributed by atoms with Crippen molar-refractivity contribution in [2.75, 3.05) is 5.32 Å². The summed E-state index contributed by atoms with van der Waals surface area (Å²) < 4.78 is 32.2. The predicted octanol–water partition coefficient (Wildman–Crippen LogP) is 5.20. The van der Waals surface area contributed by atoms with E-state index in [1.165, 1.54) is 12.1 Å². The Morgan fingerprint density at radius 1 is 0.963 bits per heavy atom. The first-order valence-corrected chi connectivity index (χ1v) is 8.31. The van der Waals surface area contributed by atoms with Crippen LogP contribution in [0.15, 0.2) is 78.9 Å². The maximum Gasteiger partial charge on any atom is 0.248 e. The largest absolute Gasteiger partial charge is 0.489 e. The molecule has 0 bridgehead atoms. The van der Waals surface area contributed by atoms with Crippen LogP contribution < -0.4 is 10.1 Å². The molecular weight excluding hydrogens is 348 g/mol. The molecule has 0 spiro atoms. The molecule has 1 N–H and O–H groups in total. The maximum atomic E-state index is 13.6. The van der Waals surface area contributed by atoms with E-state index < -0.39 is 17.5 Å². The van der Waals surface area contributed by atoms with E-state index in [2.05, 4.69) is 5.32 Å². The molecule has 0 aliphatic rings. The lowest BCUT2D eigenvalue weighted by Crippen LogP contribution is -2.09. The third-order valence-corrected chi connectivity index (χ3v) is 3.72. The first-order valence-electron chi connectivity index (χ1n) is 8.31. The van der Waals surface area contributed by atoms with Gasteiger partial charge in [-0.1, -0.05) is 42.5 Å². The van der Waals surface area contributed by atoms with Gasteiger partial charge in [-0.2, -0.15) is 0 Å². The molecule has 1 amide bonds. The Morgan fingerprint density at radius 2 is 1.78 bits per heavy atom. The number of benzene rings is 3. The van der Waals surface area contributed by atoms with E-state index in [4.69, 9.17) is 4.74 Å². The molecule has 3 aromatic rings. The standard InChI is InChI=1S/C22H17F2NO2/c23-18-10-11-21(20(24)14-18)25-22(26)12-9-16-7-4-8-19(13-16)27-15-17-5-2-1-3-6-17/h1-14H,15H2,(H,25,26)/b12-9+. The predicted molar refractivity (Wildman–Crippen MR) is 101 cm³/mol. The van der Waals surface area contributed by atoms with Gasteiger partial charge in [0.1, 0.15) is 24.0 Å². The fourth-order valence-corrected chi connectivity index (χ4v) is 2.39. The van der Waals surface area contributed by atoms with Crippen molar-refractivity contribution in [3.05, 3.63) is 102 Å². The normalized spacial score (nSPS) is 10.7. The van der Waals surface area contributed by atoms with Crippen LogP contribution in [0.5, 0.6) is 5.75 Å². The highest BCUT2D eigenvalue weighted by Gasteiger charge is 2.05. The van der Waals surface area contributed by atoms with E-state index in [9.17, 15) is 13.6 Å². The number of ether oxygens (including phenoxy) is 1. The Kier molecular flexibility index (Phi) is 5.94. The SMILES string of the molecule is O=C(/C=C/c1cccc(OCc2ccccc2)c1)Nc1ccc(F)cc1F. The van der Waals surface area contributed by atoms with Gasteiger partial charge in [-0.3, -0.25) is 4.79 Å². The van der Waals surface area contributed by atoms with Crippen LogP contribution in [-0.2, 0) is 11.4 Å². The zero-order valence-corrected chi connectivity index (χ0v) is 14.4. The molecule has 0 saturated heterocycles. The van der Waals surface area contributed by atoms with Crippen LogP contribution in [-0.4, -0.2) is 5.91 Å². The van der Waals surface area contributed by atoms with E-state index in [0.29, 0.717) is 18.4 Å². The molecule has 0 aromatic heterocycles. The second kappa shape index (κ2) is 8.76. The van der Waals surface area contributed by atoms with E-state index >= 15 is 0 Å². The number of carbonyl (C=O) groups excluding carboxylic acids is 1. The molecule has 136 valence electrons. The number of amides is 1. The van der Waals surface area contributed by atoms with Crippen LogP contribution in [0.4, 0.5) is 14.5 Å². The van der Waals surface area contributed by atoms with Crippen LogP contribution >= 0.6 is 0 Å². The Morgan fingerprint density at radius 3 is 2.56 bits per heavy atom. The first-order chi connectivity index (χ1) is 13.1. The number of anilines is 1. The lowest BCUT2D eigenvalue weighted by atomic mass is 10.2. The fourth-order valence-electron chi connectivity index (χ4n) is 2.39. The topological polar surface area (TPSA) is 38.3 Å². The lowest BCUT2D eigenvalue weighted by Gasteiger charge is -2.07. The number of nitrogens with one attached hydrogen (secondary N) is 1. The molecule has 0 atom stereocenters. The monoisotopic (exact) mass is 365 g/mol. The molecule has 0 saturated carbocycles. The van der Waals surface area contributed by atoms with Crippen molar-refractivity contribution in [3.8, 4) is 5.75 Å². The number of halogens is 2. The molecule has 3 nitrogen and oxygen atoms in total. The summed E-state index contributed by atoms with van der Waals surface area (Å²) in [6.45, 7) is 0.443. The zero-order chi connectivity index (χ0) is 19.1. The van der Waals surface area contributed by atoms with Gasteiger partial charge in [0.15, 0.2) is 0 Å². The third-order valence-electron chi connectivity index (χ3n) is 3.72. The van der Waals surface area contributed by atoms with Crippen LogP contribution in [0.2, 0.25) is 0 Å². The molecule has 0 radical (unpaired) electrons. The van der Waals surface area contributed by atoms with Crippen LogP contribution in [0.1, 0.15) is 11.1 Å². The quantitative estimate of drug-likeness (QED) is 0.610. The highest BCUT2D eigenvalue weighted by molar-refractivity contribution is 6.02. The molecule has 5 heteroatoms. The van der Waals surface area contributed by atoms with Gasteiger partial charge in [0, 0.05) is 12.1 Å². The van der Waals surface area contributed by atoms with Gasteiger partial charge in [-0.05, 0) is 41.5 Å². The van der Waals surface area contributed by atoms with Crippen LogP contribution in [0.3, 0.4) is 0 Å². The maximum absolute atomic E-state index is 13.6. The fraction of sp³-hybridized carbons (Fsp3) is 0.0455. The highest BCUT2D eigenvalue weighted by Crippen LogP contribution is 2.17. The molecule has 27 heavy (non-hydrogen) atoms. The molecule has 0 heterocycles. The molecule has 3 rings (SSSR count). The second-order valence-corrected chi connectivity index (χ2v) is 5.79. The summed E-state index contributed by atoms with van der Waals surface area (Å²) in [6.07, 6.45) is 2.87. The number of hydrogen-bond acceptors (Lipinski definition) is 2. The molecule has 0 unspecified atom stereocenters. The minimum Gasteiger partial charge on any atom is -0.489 e. The Bertz CT molecular complexity index is 956. The summed E-state index contributed by atoms with van der Waals surface area (Å²) in [5.41, 5.74) is 1.74. The minimum atomic E-state index is -0.826. The first kappa shape index (κ1) is 18.3. The third kappa shape index (κ3) is 5.51. The Hall–Kier alpha value is -3.47. The van der Waals surface area contributed by atoms with Crippen molar-refractivity contribution in [1.82, 2.24) is 0 Å². The van der Waals surface area contributed by atoms with Gasteiger partial charge in [-0.15, -0.1) is 0 Å². The van der Waals surface area contributed by atoms with E-state index in [-0.39, 0.29) is 5.69 Å². The summed E-state index contributed by atoms with van der Waals surface area (Å²) >= 11 is 0. The highest BCUT2D eigenvalue weighted by atomic mass is 19.1. The van der Waals surface area contributed by atoms with Crippen LogP contribution in [0.25, 0.3) is 6.08 Å². The second-order valence-electron chi connectivity index (χ2n) is 5.79. The summed E-state index contributed by atoms with van der Waals surface area (Å²) in [5, 5.41) is 2.37. The van der Waals surface area contributed by atoms with Crippen molar-refractivity contribution in [3.63, 3.8) is 0 Å². The van der Waals surface area contributed by atoms with Crippen molar-refractivity contribution in [2.45, 2.75) is 6.61 Å². The average molecular weight is 365 g/mol.